The molecule has 0 aromatic carbocycles. The first-order chi connectivity index (χ1) is 14.8. The molecule has 32 heavy (non-hydrogen) atoms. The lowest BCUT2D eigenvalue weighted by Crippen LogP contribution is -2.67. The van der Waals surface area contributed by atoms with Gasteiger partial charge in [-0.1, -0.05) is 26.0 Å². The van der Waals surface area contributed by atoms with E-state index >= 15 is 0 Å². The fraction of sp³-hybridized carbons (Fsp3) is 0.808. The van der Waals surface area contributed by atoms with Gasteiger partial charge in [-0.05, 0) is 75.4 Å². The number of aliphatic hydroxyl groups excluding tert-OH is 1. The number of rotatable bonds is 1. The van der Waals surface area contributed by atoms with Crippen molar-refractivity contribution in [1.29, 1.82) is 0 Å². The minimum absolute atomic E-state index is 0.0284. The maximum Gasteiger partial charge on any atom is 0.164 e. The standard InChI is InChI=1S/C26H36O6/c1-13-10-25-14(2)8-17-18(24(17,7)12-27)16(19(25)28)9-15-11-29-22(3,4)31-21(15)26(25)20(13)30-23(5,6)32-26/h9-10,14,16-18,20-21,27H,8,11-12H2,1-7H3. The minimum atomic E-state index is -0.967. The van der Waals surface area contributed by atoms with E-state index in [1.165, 1.54) is 0 Å². The molecule has 9 unspecified atom stereocenters. The Hall–Kier alpha value is -1.05. The molecule has 9 atom stereocenters. The fourth-order valence-electron chi connectivity index (χ4n) is 8.22. The molecule has 2 heterocycles. The van der Waals surface area contributed by atoms with Crippen molar-refractivity contribution in [3.05, 3.63) is 23.3 Å². The molecule has 6 nitrogen and oxygen atoms in total. The number of Topliss-reactive ketones (excluding diaryl/α,β-unsaturated/α-hetero) is 1. The molecule has 6 rings (SSSR count). The average molecular weight is 445 g/mol. The summed E-state index contributed by atoms with van der Waals surface area (Å²) in [5, 5.41) is 10.2. The maximum absolute atomic E-state index is 14.7. The summed E-state index contributed by atoms with van der Waals surface area (Å²) in [6.45, 7) is 14.6. The zero-order valence-corrected chi connectivity index (χ0v) is 20.2. The molecule has 4 fully saturated rings. The van der Waals surface area contributed by atoms with Crippen LogP contribution in [0.3, 0.4) is 0 Å². The van der Waals surface area contributed by atoms with Crippen LogP contribution in [0, 0.1) is 34.5 Å². The molecule has 0 amide bonds. The Bertz CT molecular complexity index is 963. The number of carbonyl (C=O) groups excluding carboxylic acids is 1. The van der Waals surface area contributed by atoms with Crippen LogP contribution in [0.5, 0.6) is 0 Å². The van der Waals surface area contributed by atoms with Gasteiger partial charge in [-0.15, -0.1) is 0 Å². The Labute approximate surface area is 190 Å². The van der Waals surface area contributed by atoms with Crippen LogP contribution in [0.2, 0.25) is 0 Å². The van der Waals surface area contributed by atoms with E-state index in [4.69, 9.17) is 18.9 Å². The third-order valence-electron chi connectivity index (χ3n) is 9.59. The van der Waals surface area contributed by atoms with Gasteiger partial charge in [0.2, 0.25) is 0 Å². The van der Waals surface area contributed by atoms with E-state index in [2.05, 4.69) is 32.9 Å². The van der Waals surface area contributed by atoms with Crippen LogP contribution >= 0.6 is 0 Å². The van der Waals surface area contributed by atoms with Gasteiger partial charge in [-0.25, -0.2) is 0 Å². The summed E-state index contributed by atoms with van der Waals surface area (Å²) in [6, 6.07) is 0. The summed E-state index contributed by atoms with van der Waals surface area (Å²) in [5.41, 5.74) is -0.0205. The summed E-state index contributed by atoms with van der Waals surface area (Å²) < 4.78 is 26.1. The van der Waals surface area contributed by atoms with Crippen LogP contribution in [0.1, 0.15) is 54.9 Å². The highest BCUT2D eigenvalue weighted by Gasteiger charge is 2.81. The van der Waals surface area contributed by atoms with Crippen LogP contribution in [-0.2, 0) is 23.7 Å². The predicted molar refractivity (Wildman–Crippen MR) is 116 cm³/mol. The lowest BCUT2D eigenvalue weighted by molar-refractivity contribution is -0.304. The van der Waals surface area contributed by atoms with Gasteiger partial charge in [0.1, 0.15) is 17.8 Å². The molecule has 2 aliphatic heterocycles. The van der Waals surface area contributed by atoms with Gasteiger partial charge in [0.15, 0.2) is 17.4 Å². The third-order valence-corrected chi connectivity index (χ3v) is 9.59. The minimum Gasteiger partial charge on any atom is -0.396 e. The number of hydrogen-bond acceptors (Lipinski definition) is 6. The van der Waals surface area contributed by atoms with E-state index < -0.39 is 28.7 Å². The quantitative estimate of drug-likeness (QED) is 0.625. The van der Waals surface area contributed by atoms with Gasteiger partial charge >= 0.3 is 0 Å². The van der Waals surface area contributed by atoms with Gasteiger partial charge < -0.3 is 24.1 Å². The van der Waals surface area contributed by atoms with Crippen molar-refractivity contribution in [2.45, 2.75) is 84.3 Å². The van der Waals surface area contributed by atoms with Gasteiger partial charge in [-0.2, -0.15) is 0 Å². The van der Waals surface area contributed by atoms with E-state index in [1.807, 2.05) is 27.7 Å². The van der Waals surface area contributed by atoms with E-state index in [0.717, 1.165) is 17.6 Å². The molecule has 2 bridgehead atoms. The molecule has 2 saturated heterocycles. The van der Waals surface area contributed by atoms with E-state index in [1.54, 1.807) is 0 Å². The summed E-state index contributed by atoms with van der Waals surface area (Å²) >= 11 is 0. The zero-order valence-electron chi connectivity index (χ0n) is 20.2. The van der Waals surface area contributed by atoms with Gasteiger partial charge in [0.25, 0.3) is 0 Å². The van der Waals surface area contributed by atoms with Crippen molar-refractivity contribution < 1.29 is 28.8 Å². The lowest BCUT2D eigenvalue weighted by atomic mass is 9.58. The molecule has 1 N–H and O–H groups in total. The Morgan fingerprint density at radius 1 is 1.09 bits per heavy atom. The predicted octanol–water partition coefficient (Wildman–Crippen LogP) is 3.38. The Morgan fingerprint density at radius 3 is 2.47 bits per heavy atom. The number of allylic oxidation sites excluding steroid dienone is 1. The first-order valence-electron chi connectivity index (χ1n) is 12.1. The monoisotopic (exact) mass is 444 g/mol. The van der Waals surface area contributed by atoms with Crippen LogP contribution in [0.25, 0.3) is 0 Å². The highest BCUT2D eigenvalue weighted by Crippen LogP contribution is 2.73. The van der Waals surface area contributed by atoms with Crippen molar-refractivity contribution in [3.8, 4) is 0 Å². The molecular weight excluding hydrogens is 408 g/mol. The third kappa shape index (κ3) is 2.26. The van der Waals surface area contributed by atoms with Gasteiger partial charge in [0, 0.05) is 12.5 Å². The second kappa shape index (κ2) is 5.95. The van der Waals surface area contributed by atoms with Crippen LogP contribution < -0.4 is 0 Å². The number of carbonyl (C=O) groups is 1. The highest BCUT2D eigenvalue weighted by molar-refractivity contribution is 5.95. The molecule has 6 aliphatic rings. The largest absolute Gasteiger partial charge is 0.396 e. The van der Waals surface area contributed by atoms with E-state index in [9.17, 15) is 9.90 Å². The topological polar surface area (TPSA) is 74.2 Å². The zero-order chi connectivity index (χ0) is 23.1. The first kappa shape index (κ1) is 21.5. The fourth-order valence-corrected chi connectivity index (χ4v) is 8.22. The van der Waals surface area contributed by atoms with E-state index in [0.29, 0.717) is 12.5 Å². The Morgan fingerprint density at radius 2 is 1.78 bits per heavy atom. The summed E-state index contributed by atoms with van der Waals surface area (Å²) in [5.74, 6) is -1.25. The van der Waals surface area contributed by atoms with Gasteiger partial charge in [0.05, 0.1) is 12.0 Å². The highest BCUT2D eigenvalue weighted by atomic mass is 16.8. The summed E-state index contributed by atoms with van der Waals surface area (Å²) in [6.07, 6.45) is 4.35. The first-order valence-corrected chi connectivity index (χ1v) is 12.1. The normalized spacial score (nSPS) is 54.3. The smallest absolute Gasteiger partial charge is 0.164 e. The molecule has 0 radical (unpaired) electrons. The van der Waals surface area contributed by atoms with Crippen molar-refractivity contribution in [2.24, 2.45) is 34.5 Å². The van der Waals surface area contributed by atoms with E-state index in [-0.39, 0.29) is 41.7 Å². The maximum atomic E-state index is 14.7. The second-order valence-electron chi connectivity index (χ2n) is 12.3. The summed E-state index contributed by atoms with van der Waals surface area (Å²) in [4.78, 5) is 14.7. The van der Waals surface area contributed by atoms with Crippen LogP contribution in [-0.4, -0.2) is 53.5 Å². The van der Waals surface area contributed by atoms with Crippen LogP contribution in [0.4, 0.5) is 0 Å². The van der Waals surface area contributed by atoms with Gasteiger partial charge in [-0.3, -0.25) is 4.79 Å². The van der Waals surface area contributed by atoms with Crippen molar-refractivity contribution in [1.82, 2.24) is 0 Å². The molecule has 4 aliphatic carbocycles. The molecule has 176 valence electrons. The lowest BCUT2D eigenvalue weighted by Gasteiger charge is -2.53. The second-order valence-corrected chi connectivity index (χ2v) is 12.3. The molecule has 6 heteroatoms. The summed E-state index contributed by atoms with van der Waals surface area (Å²) in [7, 11) is 0. The number of ether oxygens (including phenoxy) is 4. The molecule has 2 spiro atoms. The average Bonchev–Trinajstić information content (AvgIpc) is 3.08. The van der Waals surface area contributed by atoms with Crippen molar-refractivity contribution in [2.75, 3.05) is 13.2 Å². The molecule has 0 aromatic rings. The number of aliphatic hydroxyl groups is 1. The number of fused-ring (bicyclic) bond motifs is 4. The Balaban J connectivity index is 1.63. The Kier molecular flexibility index (Phi) is 3.99. The van der Waals surface area contributed by atoms with Crippen LogP contribution in [0.15, 0.2) is 23.3 Å². The van der Waals surface area contributed by atoms with Crippen molar-refractivity contribution in [3.63, 3.8) is 0 Å². The molecule has 2 saturated carbocycles. The number of hydrogen-bond donors (Lipinski definition) is 1. The van der Waals surface area contributed by atoms with Crippen molar-refractivity contribution >= 4 is 5.78 Å². The molecule has 0 aromatic heterocycles. The SMILES string of the molecule is CC1=CC23C(=O)C(C=C4COC(C)(C)OC4C24OC(C)(C)OC14)C1C(CC3C)C1(C)CO. The molecular formula is C26H36O6. The number of ketones is 1.